The molecule has 1 aliphatic carbocycles. The minimum atomic E-state index is -0.0747. The number of hydrogen-bond donors (Lipinski definition) is 2. The Hall–Kier alpha value is -0.0600. The van der Waals surface area contributed by atoms with Crippen molar-refractivity contribution in [3.63, 3.8) is 0 Å². The third-order valence-corrected chi connectivity index (χ3v) is 4.69. The summed E-state index contributed by atoms with van der Waals surface area (Å²) in [5.74, 6) is 0.769. The molecule has 0 amide bonds. The number of phenolic OH excluding ortho intramolecular Hbond substituents is 1. The molecule has 16 heavy (non-hydrogen) atoms. The van der Waals surface area contributed by atoms with Crippen LogP contribution in [0.1, 0.15) is 37.3 Å². The summed E-state index contributed by atoms with van der Waals surface area (Å²) in [5, 5.41) is 10.1. The Bertz CT molecular complexity index is 389. The third-order valence-electron chi connectivity index (χ3n) is 3.36. The van der Waals surface area contributed by atoms with Crippen molar-refractivity contribution in [2.75, 3.05) is 0 Å². The molecule has 2 rings (SSSR count). The van der Waals surface area contributed by atoms with Crippen LogP contribution in [0.2, 0.25) is 0 Å². The largest absolute Gasteiger partial charge is 0.506 e. The monoisotopic (exact) mass is 347 g/mol. The van der Waals surface area contributed by atoms with Crippen molar-refractivity contribution >= 4 is 31.9 Å². The van der Waals surface area contributed by atoms with Gasteiger partial charge >= 0.3 is 0 Å². The van der Waals surface area contributed by atoms with Gasteiger partial charge in [-0.15, -0.1) is 0 Å². The highest BCUT2D eigenvalue weighted by molar-refractivity contribution is 9.11. The lowest BCUT2D eigenvalue weighted by molar-refractivity contribution is 0.409. The van der Waals surface area contributed by atoms with E-state index in [4.69, 9.17) is 5.73 Å². The molecular weight excluding hydrogens is 334 g/mol. The van der Waals surface area contributed by atoms with E-state index in [1.54, 1.807) is 0 Å². The molecule has 4 heteroatoms. The molecule has 88 valence electrons. The standard InChI is InChI=1S/C12H15Br2NO/c13-8-5-6-9(14)12(16)10(8)11(15)7-3-1-2-4-7/h5-7,11,16H,1-4,15H2/t11-/m1/s1. The molecule has 0 aromatic heterocycles. The summed E-state index contributed by atoms with van der Waals surface area (Å²) < 4.78 is 1.60. The summed E-state index contributed by atoms with van der Waals surface area (Å²) in [6.07, 6.45) is 4.84. The number of phenols is 1. The van der Waals surface area contributed by atoms with E-state index in [0.29, 0.717) is 10.4 Å². The van der Waals surface area contributed by atoms with Crippen LogP contribution in [0.15, 0.2) is 21.1 Å². The molecule has 0 aliphatic heterocycles. The lowest BCUT2D eigenvalue weighted by Gasteiger charge is -2.22. The lowest BCUT2D eigenvalue weighted by Crippen LogP contribution is -2.19. The first-order valence-electron chi connectivity index (χ1n) is 5.53. The maximum atomic E-state index is 10.1. The Labute approximate surface area is 112 Å². The minimum absolute atomic E-state index is 0.0747. The van der Waals surface area contributed by atoms with Gasteiger partial charge in [0, 0.05) is 16.1 Å². The molecule has 1 fully saturated rings. The van der Waals surface area contributed by atoms with Gasteiger partial charge in [-0.25, -0.2) is 0 Å². The number of rotatable bonds is 2. The fraction of sp³-hybridized carbons (Fsp3) is 0.500. The molecule has 1 aromatic rings. The van der Waals surface area contributed by atoms with Crippen molar-refractivity contribution in [2.45, 2.75) is 31.7 Å². The summed E-state index contributed by atoms with van der Waals surface area (Å²) in [6.45, 7) is 0. The van der Waals surface area contributed by atoms with E-state index in [0.717, 1.165) is 10.0 Å². The zero-order valence-electron chi connectivity index (χ0n) is 8.92. The first-order chi connectivity index (χ1) is 7.61. The van der Waals surface area contributed by atoms with Crippen LogP contribution in [0, 0.1) is 5.92 Å². The number of hydrogen-bond acceptors (Lipinski definition) is 2. The van der Waals surface area contributed by atoms with E-state index < -0.39 is 0 Å². The van der Waals surface area contributed by atoms with E-state index in [2.05, 4.69) is 31.9 Å². The molecule has 0 bridgehead atoms. The minimum Gasteiger partial charge on any atom is -0.506 e. The fourth-order valence-corrected chi connectivity index (χ4v) is 3.36. The van der Waals surface area contributed by atoms with Gasteiger partial charge in [-0.2, -0.15) is 0 Å². The normalized spacial score (nSPS) is 18.9. The average molecular weight is 349 g/mol. The van der Waals surface area contributed by atoms with Gasteiger partial charge in [0.1, 0.15) is 5.75 Å². The van der Waals surface area contributed by atoms with Crippen LogP contribution in [0.3, 0.4) is 0 Å². The first-order valence-corrected chi connectivity index (χ1v) is 7.12. The molecule has 0 unspecified atom stereocenters. The lowest BCUT2D eigenvalue weighted by atomic mass is 9.92. The van der Waals surface area contributed by atoms with Crippen LogP contribution in [-0.4, -0.2) is 5.11 Å². The van der Waals surface area contributed by atoms with E-state index in [-0.39, 0.29) is 11.8 Å². The highest BCUT2D eigenvalue weighted by Gasteiger charge is 2.27. The van der Waals surface area contributed by atoms with Crippen LogP contribution in [0.5, 0.6) is 5.75 Å². The highest BCUT2D eigenvalue weighted by Crippen LogP contribution is 2.42. The van der Waals surface area contributed by atoms with Gasteiger partial charge in [-0.1, -0.05) is 28.8 Å². The van der Waals surface area contributed by atoms with Crippen molar-refractivity contribution in [1.82, 2.24) is 0 Å². The van der Waals surface area contributed by atoms with Crippen LogP contribution >= 0.6 is 31.9 Å². The smallest absolute Gasteiger partial charge is 0.135 e. The van der Waals surface area contributed by atoms with Gasteiger partial charge in [0.2, 0.25) is 0 Å². The van der Waals surface area contributed by atoms with E-state index in [1.807, 2.05) is 12.1 Å². The third kappa shape index (κ3) is 2.29. The quantitative estimate of drug-likeness (QED) is 0.844. The van der Waals surface area contributed by atoms with Gasteiger partial charge < -0.3 is 10.8 Å². The first kappa shape index (κ1) is 12.4. The Morgan fingerprint density at radius 2 is 1.75 bits per heavy atom. The van der Waals surface area contributed by atoms with Gasteiger partial charge in [-0.05, 0) is 46.8 Å². The summed E-state index contributed by atoms with van der Waals surface area (Å²) in [7, 11) is 0. The second-order valence-corrected chi connectivity index (χ2v) is 6.07. The van der Waals surface area contributed by atoms with Crippen molar-refractivity contribution in [3.05, 3.63) is 26.6 Å². The number of aromatic hydroxyl groups is 1. The van der Waals surface area contributed by atoms with E-state index in [1.165, 1.54) is 25.7 Å². The van der Waals surface area contributed by atoms with Crippen LogP contribution in [-0.2, 0) is 0 Å². The molecule has 1 aliphatic rings. The molecule has 1 aromatic carbocycles. The average Bonchev–Trinajstić information content (AvgIpc) is 2.77. The van der Waals surface area contributed by atoms with Gasteiger partial charge in [0.25, 0.3) is 0 Å². The Kier molecular flexibility index (Phi) is 3.93. The summed E-state index contributed by atoms with van der Waals surface area (Å²) in [5.41, 5.74) is 7.09. The maximum absolute atomic E-state index is 10.1. The molecule has 0 heterocycles. The van der Waals surface area contributed by atoms with Crippen molar-refractivity contribution in [2.24, 2.45) is 11.7 Å². The number of nitrogens with two attached hydrogens (primary N) is 1. The van der Waals surface area contributed by atoms with Crippen LogP contribution in [0.4, 0.5) is 0 Å². The number of benzene rings is 1. The Morgan fingerprint density at radius 3 is 2.38 bits per heavy atom. The van der Waals surface area contributed by atoms with Crippen LogP contribution in [0.25, 0.3) is 0 Å². The predicted molar refractivity (Wildman–Crippen MR) is 72.4 cm³/mol. The SMILES string of the molecule is N[C@@H](c1c(Br)ccc(Br)c1O)C1CCCC1. The Morgan fingerprint density at radius 1 is 1.19 bits per heavy atom. The van der Waals surface area contributed by atoms with E-state index >= 15 is 0 Å². The Balaban J connectivity index is 2.34. The van der Waals surface area contributed by atoms with Crippen molar-refractivity contribution < 1.29 is 5.11 Å². The van der Waals surface area contributed by atoms with Gasteiger partial charge in [0.05, 0.1) is 4.47 Å². The zero-order valence-corrected chi connectivity index (χ0v) is 12.1. The fourth-order valence-electron chi connectivity index (χ4n) is 2.43. The van der Waals surface area contributed by atoms with Crippen molar-refractivity contribution in [1.29, 1.82) is 0 Å². The molecule has 0 radical (unpaired) electrons. The topological polar surface area (TPSA) is 46.2 Å². The molecule has 0 spiro atoms. The van der Waals surface area contributed by atoms with Crippen LogP contribution < -0.4 is 5.73 Å². The maximum Gasteiger partial charge on any atom is 0.135 e. The molecule has 1 saturated carbocycles. The summed E-state index contributed by atoms with van der Waals surface area (Å²) in [6, 6.07) is 3.67. The highest BCUT2D eigenvalue weighted by atomic mass is 79.9. The van der Waals surface area contributed by atoms with Gasteiger partial charge in [-0.3, -0.25) is 0 Å². The summed E-state index contributed by atoms with van der Waals surface area (Å²) in [4.78, 5) is 0. The molecule has 3 N–H and O–H groups in total. The molecule has 2 nitrogen and oxygen atoms in total. The number of halogens is 2. The van der Waals surface area contributed by atoms with Crippen molar-refractivity contribution in [3.8, 4) is 5.75 Å². The van der Waals surface area contributed by atoms with Gasteiger partial charge in [0.15, 0.2) is 0 Å². The second-order valence-electron chi connectivity index (χ2n) is 4.36. The predicted octanol–water partition coefficient (Wildman–Crippen LogP) is 4.11. The van der Waals surface area contributed by atoms with E-state index in [9.17, 15) is 5.11 Å². The second kappa shape index (κ2) is 5.07. The zero-order chi connectivity index (χ0) is 11.7. The molecule has 1 atom stereocenters. The summed E-state index contributed by atoms with van der Waals surface area (Å²) >= 11 is 6.80. The molecular formula is C12H15Br2NO. The molecule has 0 saturated heterocycles.